The number of hydrogen-bond donors (Lipinski definition) is 2. The Labute approximate surface area is 86.6 Å². The lowest BCUT2D eigenvalue weighted by Crippen LogP contribution is -2.42. The zero-order valence-corrected chi connectivity index (χ0v) is 8.57. The Kier molecular flexibility index (Phi) is 1.99. The van der Waals surface area contributed by atoms with Gasteiger partial charge in [0, 0.05) is 18.8 Å². The van der Waals surface area contributed by atoms with Crippen LogP contribution < -0.4 is 10.6 Å². The van der Waals surface area contributed by atoms with E-state index in [2.05, 4.69) is 15.7 Å². The average molecular weight is 208 g/mol. The van der Waals surface area contributed by atoms with E-state index in [9.17, 15) is 9.59 Å². The average Bonchev–Trinajstić information content (AvgIpc) is 2.71. The van der Waals surface area contributed by atoms with E-state index in [1.807, 2.05) is 6.92 Å². The van der Waals surface area contributed by atoms with Gasteiger partial charge in [0.2, 0.25) is 0 Å². The maximum Gasteiger partial charge on any atom is 0.322 e. The van der Waals surface area contributed by atoms with E-state index < -0.39 is 11.6 Å². The van der Waals surface area contributed by atoms with Crippen LogP contribution in [-0.2, 0) is 17.4 Å². The SMILES string of the molecule is CCC1(c2cnn(C)c2)NC(=O)NC1=O. The fraction of sp³-hybridized carbons (Fsp3) is 0.444. The van der Waals surface area contributed by atoms with Crippen molar-refractivity contribution < 1.29 is 9.59 Å². The summed E-state index contributed by atoms with van der Waals surface area (Å²) in [6, 6.07) is -0.453. The van der Waals surface area contributed by atoms with E-state index in [-0.39, 0.29) is 5.91 Å². The molecule has 80 valence electrons. The molecule has 2 N–H and O–H groups in total. The van der Waals surface area contributed by atoms with Crippen molar-refractivity contribution in [3.05, 3.63) is 18.0 Å². The molecule has 1 aliphatic rings. The minimum Gasteiger partial charge on any atom is -0.319 e. The zero-order valence-electron chi connectivity index (χ0n) is 8.57. The van der Waals surface area contributed by atoms with Gasteiger partial charge in [-0.15, -0.1) is 0 Å². The molecule has 1 aliphatic heterocycles. The number of hydrogen-bond acceptors (Lipinski definition) is 3. The summed E-state index contributed by atoms with van der Waals surface area (Å²) in [5, 5.41) is 8.88. The molecule has 1 unspecified atom stereocenters. The number of urea groups is 1. The number of aromatic nitrogens is 2. The Bertz CT molecular complexity index is 426. The molecule has 1 aromatic heterocycles. The Hall–Kier alpha value is -1.85. The number of imide groups is 1. The van der Waals surface area contributed by atoms with E-state index in [1.54, 1.807) is 24.1 Å². The molecule has 0 spiro atoms. The van der Waals surface area contributed by atoms with Crippen LogP contribution in [0.5, 0.6) is 0 Å². The Morgan fingerprint density at radius 3 is 2.67 bits per heavy atom. The third-order valence-electron chi connectivity index (χ3n) is 2.67. The first-order valence-corrected chi connectivity index (χ1v) is 4.71. The fourth-order valence-electron chi connectivity index (χ4n) is 1.79. The van der Waals surface area contributed by atoms with Gasteiger partial charge in [-0.2, -0.15) is 5.10 Å². The third-order valence-corrected chi connectivity index (χ3v) is 2.67. The quantitative estimate of drug-likeness (QED) is 0.664. The highest BCUT2D eigenvalue weighted by atomic mass is 16.2. The molecular formula is C9H12N4O2. The molecule has 15 heavy (non-hydrogen) atoms. The first-order chi connectivity index (χ1) is 7.08. The monoisotopic (exact) mass is 208 g/mol. The van der Waals surface area contributed by atoms with Gasteiger partial charge in [-0.25, -0.2) is 4.79 Å². The lowest BCUT2D eigenvalue weighted by atomic mass is 9.90. The van der Waals surface area contributed by atoms with E-state index >= 15 is 0 Å². The summed E-state index contributed by atoms with van der Waals surface area (Å²) in [5.74, 6) is -0.317. The van der Waals surface area contributed by atoms with Crippen molar-refractivity contribution in [1.29, 1.82) is 0 Å². The van der Waals surface area contributed by atoms with Gasteiger partial charge in [0.1, 0.15) is 5.54 Å². The van der Waals surface area contributed by atoms with Crippen LogP contribution in [0.25, 0.3) is 0 Å². The van der Waals surface area contributed by atoms with Crippen LogP contribution in [-0.4, -0.2) is 21.7 Å². The molecule has 0 aromatic carbocycles. The largest absolute Gasteiger partial charge is 0.322 e. The number of rotatable bonds is 2. The molecule has 1 aromatic rings. The number of aryl methyl sites for hydroxylation is 1. The van der Waals surface area contributed by atoms with Crippen LogP contribution in [0.2, 0.25) is 0 Å². The van der Waals surface area contributed by atoms with Crippen LogP contribution in [0.4, 0.5) is 4.79 Å². The summed E-state index contributed by atoms with van der Waals surface area (Å²) in [4.78, 5) is 22.9. The minimum atomic E-state index is -0.953. The summed E-state index contributed by atoms with van der Waals surface area (Å²) in [5.41, 5.74) is -0.249. The Morgan fingerprint density at radius 2 is 2.27 bits per heavy atom. The molecule has 6 nitrogen and oxygen atoms in total. The maximum atomic E-state index is 11.7. The summed E-state index contributed by atoms with van der Waals surface area (Å²) in [6.07, 6.45) is 3.82. The molecule has 1 atom stereocenters. The van der Waals surface area contributed by atoms with Crippen LogP contribution in [0, 0.1) is 0 Å². The molecule has 2 rings (SSSR count). The summed E-state index contributed by atoms with van der Waals surface area (Å²) in [6.45, 7) is 1.85. The highest BCUT2D eigenvalue weighted by Gasteiger charge is 2.46. The molecule has 0 saturated carbocycles. The second-order valence-electron chi connectivity index (χ2n) is 3.57. The van der Waals surface area contributed by atoms with E-state index in [0.717, 1.165) is 0 Å². The topological polar surface area (TPSA) is 76.0 Å². The Morgan fingerprint density at radius 1 is 1.53 bits per heavy atom. The van der Waals surface area contributed by atoms with Crippen molar-refractivity contribution in [3.63, 3.8) is 0 Å². The van der Waals surface area contributed by atoms with Crippen molar-refractivity contribution in [2.75, 3.05) is 0 Å². The first kappa shape index (κ1) is 9.70. The molecular weight excluding hydrogens is 196 g/mol. The predicted octanol–water partition coefficient (Wildman–Crippen LogP) is -0.135. The van der Waals surface area contributed by atoms with Crippen molar-refractivity contribution >= 4 is 11.9 Å². The number of nitrogens with one attached hydrogen (secondary N) is 2. The Balaban J connectivity index is 2.46. The molecule has 0 bridgehead atoms. The number of amides is 3. The molecule has 1 fully saturated rings. The van der Waals surface area contributed by atoms with Gasteiger partial charge < -0.3 is 5.32 Å². The smallest absolute Gasteiger partial charge is 0.319 e. The first-order valence-electron chi connectivity index (χ1n) is 4.71. The lowest BCUT2D eigenvalue weighted by molar-refractivity contribution is -0.124. The van der Waals surface area contributed by atoms with E-state index in [1.165, 1.54) is 0 Å². The van der Waals surface area contributed by atoms with Crippen molar-refractivity contribution in [2.45, 2.75) is 18.9 Å². The molecule has 0 radical (unpaired) electrons. The van der Waals surface area contributed by atoms with E-state index in [0.29, 0.717) is 12.0 Å². The second-order valence-corrected chi connectivity index (χ2v) is 3.57. The molecule has 2 heterocycles. The summed E-state index contributed by atoms with van der Waals surface area (Å²) in [7, 11) is 1.77. The maximum absolute atomic E-state index is 11.7. The molecule has 6 heteroatoms. The molecule has 3 amide bonds. The van der Waals surface area contributed by atoms with Crippen molar-refractivity contribution in [1.82, 2.24) is 20.4 Å². The third kappa shape index (κ3) is 1.29. The van der Waals surface area contributed by atoms with Gasteiger partial charge in [-0.05, 0) is 6.42 Å². The summed E-state index contributed by atoms with van der Waals surface area (Å²) >= 11 is 0. The van der Waals surface area contributed by atoms with Crippen LogP contribution >= 0.6 is 0 Å². The van der Waals surface area contributed by atoms with Crippen LogP contribution in [0.1, 0.15) is 18.9 Å². The van der Waals surface area contributed by atoms with Crippen molar-refractivity contribution in [2.24, 2.45) is 7.05 Å². The van der Waals surface area contributed by atoms with Gasteiger partial charge >= 0.3 is 6.03 Å². The lowest BCUT2D eigenvalue weighted by Gasteiger charge is -2.22. The minimum absolute atomic E-state index is 0.317. The van der Waals surface area contributed by atoms with Gasteiger partial charge in [0.05, 0.1) is 6.20 Å². The van der Waals surface area contributed by atoms with Crippen LogP contribution in [0.15, 0.2) is 12.4 Å². The highest BCUT2D eigenvalue weighted by molar-refractivity contribution is 6.07. The van der Waals surface area contributed by atoms with Gasteiger partial charge in [0.15, 0.2) is 0 Å². The number of nitrogens with zero attached hydrogens (tertiary/aromatic N) is 2. The highest BCUT2D eigenvalue weighted by Crippen LogP contribution is 2.27. The normalized spacial score (nSPS) is 25.2. The number of carbonyl (C=O) groups excluding carboxylic acids is 2. The van der Waals surface area contributed by atoms with Crippen molar-refractivity contribution in [3.8, 4) is 0 Å². The van der Waals surface area contributed by atoms with Crippen LogP contribution in [0.3, 0.4) is 0 Å². The second kappa shape index (κ2) is 3.08. The fourth-order valence-corrected chi connectivity index (χ4v) is 1.79. The molecule has 0 aliphatic carbocycles. The molecule has 1 saturated heterocycles. The zero-order chi connectivity index (χ0) is 11.1. The standard InChI is InChI=1S/C9H12N4O2/c1-3-9(6-4-10-13(2)5-6)7(14)11-8(15)12-9/h4-5H,3H2,1-2H3,(H2,11,12,14,15). The summed E-state index contributed by atoms with van der Waals surface area (Å²) < 4.78 is 1.60. The predicted molar refractivity (Wildman–Crippen MR) is 51.9 cm³/mol. The van der Waals surface area contributed by atoms with Gasteiger partial charge in [-0.1, -0.05) is 6.92 Å². The number of carbonyl (C=O) groups is 2. The van der Waals surface area contributed by atoms with Gasteiger partial charge in [0.25, 0.3) is 5.91 Å². The van der Waals surface area contributed by atoms with Gasteiger partial charge in [-0.3, -0.25) is 14.8 Å². The van der Waals surface area contributed by atoms with E-state index in [4.69, 9.17) is 0 Å².